The molecule has 1 aliphatic rings. The third-order valence-electron chi connectivity index (χ3n) is 3.71. The number of carbonyl (C=O) groups excluding carboxylic acids is 1. The second-order valence-corrected chi connectivity index (χ2v) is 6.00. The van der Waals surface area contributed by atoms with Crippen LogP contribution in [0.1, 0.15) is 21.5 Å². The zero-order valence-electron chi connectivity index (χ0n) is 12.4. The molecule has 0 aliphatic heterocycles. The van der Waals surface area contributed by atoms with E-state index in [1.165, 1.54) is 6.07 Å². The minimum absolute atomic E-state index is 0.174. The van der Waals surface area contributed by atoms with Gasteiger partial charge in [0.15, 0.2) is 17.3 Å². The van der Waals surface area contributed by atoms with E-state index in [-0.39, 0.29) is 23.5 Å². The first-order valence-electron chi connectivity index (χ1n) is 6.96. The summed E-state index contributed by atoms with van der Waals surface area (Å²) in [5.41, 5.74) is 1.58. The van der Waals surface area contributed by atoms with Crippen LogP contribution in [0.3, 0.4) is 0 Å². The fraction of sp³-hybridized carbons (Fsp3) is 0.188. The summed E-state index contributed by atoms with van der Waals surface area (Å²) in [5, 5.41) is 0. The molecule has 0 fully saturated rings. The highest BCUT2D eigenvalue weighted by molar-refractivity contribution is 7.61. The minimum Gasteiger partial charge on any atom is -0.454 e. The van der Waals surface area contributed by atoms with Gasteiger partial charge < -0.3 is 4.74 Å². The van der Waals surface area contributed by atoms with Crippen LogP contribution in [0.5, 0.6) is 11.5 Å². The number of rotatable bonds is 3. The summed E-state index contributed by atoms with van der Waals surface area (Å²) in [6.45, 7) is 1.71. The van der Waals surface area contributed by atoms with E-state index in [4.69, 9.17) is 4.74 Å². The molecule has 1 aliphatic carbocycles. The topological polar surface area (TPSA) is 72.8 Å². The first-order chi connectivity index (χ1) is 11.3. The van der Waals surface area contributed by atoms with Gasteiger partial charge in [-0.05, 0) is 36.2 Å². The summed E-state index contributed by atoms with van der Waals surface area (Å²) in [4.78, 5) is 12.2. The van der Waals surface area contributed by atoms with E-state index >= 15 is 0 Å². The molecule has 0 saturated carbocycles. The van der Waals surface area contributed by atoms with E-state index in [9.17, 15) is 22.0 Å². The second-order valence-electron chi connectivity index (χ2n) is 5.36. The molecule has 124 valence electrons. The van der Waals surface area contributed by atoms with Gasteiger partial charge in [-0.1, -0.05) is 6.07 Å². The molecule has 0 heterocycles. The van der Waals surface area contributed by atoms with E-state index in [0.717, 1.165) is 12.1 Å². The van der Waals surface area contributed by atoms with Gasteiger partial charge in [0.1, 0.15) is 17.6 Å². The lowest BCUT2D eigenvalue weighted by Crippen LogP contribution is -2.12. The van der Waals surface area contributed by atoms with Crippen LogP contribution in [-0.2, 0) is 16.9 Å². The van der Waals surface area contributed by atoms with Crippen LogP contribution in [-0.4, -0.2) is 20.2 Å². The molecule has 8 heteroatoms. The molecule has 0 bridgehead atoms. The Kier molecular flexibility index (Phi) is 4.15. The van der Waals surface area contributed by atoms with Crippen molar-refractivity contribution < 1.29 is 26.7 Å². The molecule has 1 atom stereocenters. The van der Waals surface area contributed by atoms with Gasteiger partial charge in [-0.2, -0.15) is 12.8 Å². The summed E-state index contributed by atoms with van der Waals surface area (Å²) in [7, 11) is -2.67. The molecule has 0 spiro atoms. The first kappa shape index (κ1) is 16.3. The number of halogens is 2. The van der Waals surface area contributed by atoms with E-state index in [1.807, 2.05) is 0 Å². The summed E-state index contributed by atoms with van der Waals surface area (Å²) >= 11 is 0. The number of carbonyl (C=O) groups is 1. The van der Waals surface area contributed by atoms with E-state index in [0.29, 0.717) is 17.2 Å². The number of fused-ring (bicyclic) bond motifs is 1. The number of hydrogen-bond acceptors (Lipinski definition) is 5. The van der Waals surface area contributed by atoms with Crippen LogP contribution < -0.4 is 4.74 Å². The molecule has 5 nitrogen and oxygen atoms in total. The van der Waals surface area contributed by atoms with Crippen molar-refractivity contribution >= 4 is 16.3 Å². The molecule has 2 aromatic carbocycles. The Balaban J connectivity index is 1.97. The minimum atomic E-state index is -2.67. The highest BCUT2D eigenvalue weighted by Crippen LogP contribution is 2.34. The molecule has 2 aromatic rings. The molecule has 0 radical (unpaired) electrons. The third kappa shape index (κ3) is 3.05. The Morgan fingerprint density at radius 1 is 1.17 bits per heavy atom. The van der Waals surface area contributed by atoms with Crippen molar-refractivity contribution in [2.75, 3.05) is 0 Å². The molecule has 0 N–H and O–H groups in total. The number of nitrogens with zero attached hydrogens (tertiary/aromatic N) is 1. The van der Waals surface area contributed by atoms with E-state index in [1.54, 1.807) is 13.0 Å². The fourth-order valence-electron chi connectivity index (χ4n) is 2.60. The van der Waals surface area contributed by atoms with Crippen LogP contribution in [0.4, 0.5) is 8.78 Å². The van der Waals surface area contributed by atoms with Gasteiger partial charge in [0, 0.05) is 18.1 Å². The van der Waals surface area contributed by atoms with Gasteiger partial charge in [0.25, 0.3) is 0 Å². The molecule has 0 amide bonds. The van der Waals surface area contributed by atoms with E-state index in [2.05, 4.69) is 4.36 Å². The van der Waals surface area contributed by atoms with Crippen LogP contribution in [0.2, 0.25) is 0 Å². The van der Waals surface area contributed by atoms with Crippen molar-refractivity contribution in [2.45, 2.75) is 19.4 Å². The molecule has 1 unspecified atom stereocenters. The Morgan fingerprint density at radius 3 is 2.58 bits per heavy atom. The predicted molar refractivity (Wildman–Crippen MR) is 80.8 cm³/mol. The van der Waals surface area contributed by atoms with Crippen LogP contribution in [0.25, 0.3) is 0 Å². The Hall–Kier alpha value is -2.61. The standard InChI is InChI=1S/C16H11F2NO4S/c1-8-4-9-5-13(19-24(21)22)16(20)11(9)7-15(8)23-14-3-2-10(17)6-12(14)18/h2-4,6-7,13H,5H2,1H3. The average Bonchev–Trinajstić information content (AvgIpc) is 2.77. The van der Waals surface area contributed by atoms with Crippen LogP contribution >= 0.6 is 0 Å². The zero-order valence-corrected chi connectivity index (χ0v) is 13.2. The molecule has 0 aromatic heterocycles. The van der Waals surface area contributed by atoms with Crippen LogP contribution in [0, 0.1) is 18.6 Å². The van der Waals surface area contributed by atoms with Crippen molar-refractivity contribution in [3.8, 4) is 11.5 Å². The van der Waals surface area contributed by atoms with Crippen molar-refractivity contribution in [3.05, 3.63) is 58.7 Å². The maximum absolute atomic E-state index is 13.7. The summed E-state index contributed by atoms with van der Waals surface area (Å²) in [6, 6.07) is 5.03. The monoisotopic (exact) mass is 351 g/mol. The largest absolute Gasteiger partial charge is 0.454 e. The quantitative estimate of drug-likeness (QED) is 0.851. The van der Waals surface area contributed by atoms with Gasteiger partial charge >= 0.3 is 10.5 Å². The third-order valence-corrected chi connectivity index (χ3v) is 4.14. The number of ketones is 1. The van der Waals surface area contributed by atoms with Gasteiger partial charge in [-0.15, -0.1) is 0 Å². The number of Topliss-reactive ketones (excluding diaryl/α,β-unsaturated/α-hetero) is 1. The van der Waals surface area contributed by atoms with Gasteiger partial charge in [0.2, 0.25) is 0 Å². The molecule has 24 heavy (non-hydrogen) atoms. The maximum atomic E-state index is 13.7. The van der Waals surface area contributed by atoms with Gasteiger partial charge in [0.05, 0.1) is 0 Å². The van der Waals surface area contributed by atoms with E-state index < -0.39 is 34.0 Å². The Labute approximate surface area is 137 Å². The highest BCUT2D eigenvalue weighted by atomic mass is 32.2. The van der Waals surface area contributed by atoms with Crippen molar-refractivity contribution in [2.24, 2.45) is 4.36 Å². The second kappa shape index (κ2) is 6.12. The zero-order chi connectivity index (χ0) is 17.4. The van der Waals surface area contributed by atoms with Crippen molar-refractivity contribution in [1.82, 2.24) is 0 Å². The van der Waals surface area contributed by atoms with Crippen molar-refractivity contribution in [1.29, 1.82) is 0 Å². The molecule has 0 saturated heterocycles. The van der Waals surface area contributed by atoms with Crippen molar-refractivity contribution in [3.63, 3.8) is 0 Å². The smallest absolute Gasteiger partial charge is 0.311 e. The summed E-state index contributed by atoms with van der Waals surface area (Å²) in [5.74, 6) is -1.96. The SMILES string of the molecule is Cc1cc2c(cc1Oc1ccc(F)cc1F)C(=O)C(N=S(=O)=O)C2. The number of benzene rings is 2. The Bertz CT molecular complexity index is 978. The predicted octanol–water partition coefficient (Wildman–Crippen LogP) is 3.24. The number of hydrogen-bond donors (Lipinski definition) is 0. The van der Waals surface area contributed by atoms with Gasteiger partial charge in [-0.3, -0.25) is 4.79 Å². The number of aryl methyl sites for hydroxylation is 1. The fourth-order valence-corrected chi connectivity index (χ4v) is 2.98. The summed E-state index contributed by atoms with van der Waals surface area (Å²) < 4.78 is 56.8. The maximum Gasteiger partial charge on any atom is 0.311 e. The lowest BCUT2D eigenvalue weighted by atomic mass is 10.1. The molecule has 3 rings (SSSR count). The van der Waals surface area contributed by atoms with Gasteiger partial charge in [-0.25, -0.2) is 8.78 Å². The lowest BCUT2D eigenvalue weighted by molar-refractivity contribution is 0.0976. The lowest BCUT2D eigenvalue weighted by Gasteiger charge is -2.11. The Morgan fingerprint density at radius 2 is 1.92 bits per heavy atom. The number of ether oxygens (including phenoxy) is 1. The molecular weight excluding hydrogens is 340 g/mol. The molecular formula is C16H11F2NO4S. The highest BCUT2D eigenvalue weighted by Gasteiger charge is 2.32. The summed E-state index contributed by atoms with van der Waals surface area (Å²) in [6.07, 6.45) is 0.189. The first-order valence-corrected chi connectivity index (χ1v) is 7.99. The normalized spacial score (nSPS) is 16.0. The van der Waals surface area contributed by atoms with Crippen LogP contribution in [0.15, 0.2) is 34.7 Å². The average molecular weight is 351 g/mol.